The summed E-state index contributed by atoms with van der Waals surface area (Å²) in [5.41, 5.74) is 2.10. The minimum atomic E-state index is -4.66. The van der Waals surface area contributed by atoms with E-state index < -0.39 is 34.8 Å². The van der Waals surface area contributed by atoms with E-state index in [9.17, 15) is 27.2 Å². The van der Waals surface area contributed by atoms with Gasteiger partial charge in [-0.05, 0) is 87.0 Å². The second-order valence-corrected chi connectivity index (χ2v) is 13.0. The van der Waals surface area contributed by atoms with Gasteiger partial charge < -0.3 is 9.47 Å². The van der Waals surface area contributed by atoms with E-state index in [4.69, 9.17) is 21.1 Å². The van der Waals surface area contributed by atoms with Crippen molar-refractivity contribution in [1.29, 1.82) is 5.26 Å². The summed E-state index contributed by atoms with van der Waals surface area (Å²) in [5, 5.41) is 15.6. The van der Waals surface area contributed by atoms with Gasteiger partial charge in [0, 0.05) is 41.9 Å². The van der Waals surface area contributed by atoms with Crippen LogP contribution < -0.4 is 9.47 Å². The summed E-state index contributed by atoms with van der Waals surface area (Å²) < 4.78 is 81.2. The van der Waals surface area contributed by atoms with Crippen LogP contribution in [0.25, 0.3) is 11.4 Å². The Balaban J connectivity index is 1.08. The molecule has 47 heavy (non-hydrogen) atoms. The number of H-pyrrole nitrogens is 1. The number of aromatic amines is 1. The van der Waals surface area contributed by atoms with Crippen LogP contribution in [-0.4, -0.2) is 38.2 Å². The van der Waals surface area contributed by atoms with Crippen molar-refractivity contribution in [3.63, 3.8) is 0 Å². The number of nitrogens with one attached hydrogen (secondary N) is 1. The molecule has 1 saturated carbocycles. The number of pyridine rings is 1. The Labute approximate surface area is 271 Å². The van der Waals surface area contributed by atoms with E-state index in [1.807, 2.05) is 5.10 Å². The number of benzene rings is 2. The largest absolute Gasteiger partial charge is 0.451 e. The van der Waals surface area contributed by atoms with Crippen molar-refractivity contribution < 1.29 is 31.4 Å². The van der Waals surface area contributed by atoms with Gasteiger partial charge in [-0.25, -0.2) is 13.8 Å². The molecule has 244 valence electrons. The van der Waals surface area contributed by atoms with E-state index >= 15 is 0 Å². The smallest absolute Gasteiger partial charge is 0.444 e. The molecule has 4 aromatic rings. The van der Waals surface area contributed by atoms with Crippen LogP contribution >= 0.6 is 11.6 Å². The highest BCUT2D eigenvalue weighted by Gasteiger charge is 2.45. The third-order valence-corrected chi connectivity index (χ3v) is 9.40. The van der Waals surface area contributed by atoms with Crippen molar-refractivity contribution in [1.82, 2.24) is 25.1 Å². The molecular weight excluding hydrogens is 643 g/mol. The molecule has 0 amide bonds. The molecule has 1 atom stereocenters. The highest BCUT2D eigenvalue weighted by Crippen LogP contribution is 2.51. The van der Waals surface area contributed by atoms with Crippen LogP contribution in [0.1, 0.15) is 66.7 Å². The molecule has 7 rings (SSSR count). The summed E-state index contributed by atoms with van der Waals surface area (Å²) >= 11 is 5.93. The number of aromatic nitrogens is 4. The van der Waals surface area contributed by atoms with Crippen molar-refractivity contribution in [2.45, 2.75) is 63.5 Å². The number of piperidine rings is 1. The fourth-order valence-electron chi connectivity index (χ4n) is 6.40. The molecule has 4 heterocycles. The predicted octanol–water partition coefficient (Wildman–Crippen LogP) is 7.69. The van der Waals surface area contributed by atoms with Crippen LogP contribution in [0.5, 0.6) is 11.5 Å². The lowest BCUT2D eigenvalue weighted by Crippen LogP contribution is -2.34. The minimum absolute atomic E-state index is 0.0617. The number of nitrogens with zero attached hydrogens (tertiary/aromatic N) is 5. The Bertz CT molecular complexity index is 1900. The molecular formula is C33H28ClF5N6O2. The summed E-state index contributed by atoms with van der Waals surface area (Å²) in [5.74, 6) is -3.38. The molecule has 1 aliphatic carbocycles. The number of hydrogen-bond donors (Lipinski definition) is 1. The Kier molecular flexibility index (Phi) is 7.63. The molecule has 0 radical (unpaired) electrons. The number of likely N-dealkylation sites (tertiary alicyclic amines) is 1. The predicted molar refractivity (Wildman–Crippen MR) is 159 cm³/mol. The first kappa shape index (κ1) is 31.3. The first-order valence-corrected chi connectivity index (χ1v) is 15.5. The number of nitriles is 1. The van der Waals surface area contributed by atoms with Crippen LogP contribution in [0.15, 0.2) is 42.6 Å². The number of ether oxygens (including phenoxy) is 2. The second kappa shape index (κ2) is 11.5. The fourth-order valence-corrected chi connectivity index (χ4v) is 6.56. The standard InChI is InChI=1S/C33H28ClF5N6O2/c1-31(24-3-2-21(34)11-25(24)36)46-27-13-22(35)12-23(28(27)47-31)18-4-8-45(9-5-18)16-26-19(14-32(17-40)6-7-32)10-20(15-41-26)29-42-30(44-43-29)33(37,38)39/h2-3,10-13,15,18H,4-9,14,16H2,1H3,(H,42,43,44)/t31-/m0/s1. The number of rotatable bonds is 7. The van der Waals surface area contributed by atoms with E-state index in [1.165, 1.54) is 36.5 Å². The average Bonchev–Trinajstić information content (AvgIpc) is 3.43. The van der Waals surface area contributed by atoms with Gasteiger partial charge in [0.05, 0.1) is 22.7 Å². The van der Waals surface area contributed by atoms with Crippen molar-refractivity contribution >= 4 is 11.6 Å². The number of halogens is 6. The Morgan fingerprint density at radius 1 is 1.11 bits per heavy atom. The first-order chi connectivity index (χ1) is 22.3. The third kappa shape index (κ3) is 6.12. The molecule has 2 aromatic heterocycles. The number of fused-ring (bicyclic) bond motifs is 1. The molecule has 2 aliphatic heterocycles. The lowest BCUT2D eigenvalue weighted by Gasteiger charge is -2.33. The van der Waals surface area contributed by atoms with Gasteiger partial charge in [0.1, 0.15) is 11.6 Å². The van der Waals surface area contributed by atoms with E-state index in [0.717, 1.165) is 24.1 Å². The topological polar surface area (TPSA) is 100.0 Å². The maximum Gasteiger partial charge on any atom is 0.451 e. The molecule has 8 nitrogen and oxygen atoms in total. The number of alkyl halides is 3. The van der Waals surface area contributed by atoms with Crippen molar-refractivity contribution in [3.8, 4) is 29.0 Å². The summed E-state index contributed by atoms with van der Waals surface area (Å²) in [4.78, 5) is 10.4. The highest BCUT2D eigenvalue weighted by molar-refractivity contribution is 6.30. The van der Waals surface area contributed by atoms with Gasteiger partial charge in [-0.2, -0.15) is 23.5 Å². The van der Waals surface area contributed by atoms with Gasteiger partial charge in [0.15, 0.2) is 17.3 Å². The maximum atomic E-state index is 14.8. The van der Waals surface area contributed by atoms with Gasteiger partial charge in [0.25, 0.3) is 5.79 Å². The molecule has 2 aromatic carbocycles. The Morgan fingerprint density at radius 2 is 1.87 bits per heavy atom. The van der Waals surface area contributed by atoms with Gasteiger partial charge >= 0.3 is 6.18 Å². The molecule has 1 saturated heterocycles. The molecule has 0 bridgehead atoms. The van der Waals surface area contributed by atoms with Crippen LogP contribution in [0.3, 0.4) is 0 Å². The van der Waals surface area contributed by atoms with Gasteiger partial charge in [0.2, 0.25) is 5.82 Å². The van der Waals surface area contributed by atoms with E-state index in [0.29, 0.717) is 55.8 Å². The first-order valence-electron chi connectivity index (χ1n) is 15.1. The van der Waals surface area contributed by atoms with Crippen LogP contribution in [-0.2, 0) is 24.9 Å². The lowest BCUT2D eigenvalue weighted by molar-refractivity contribution is -0.144. The molecule has 0 unspecified atom stereocenters. The molecule has 0 spiro atoms. The lowest BCUT2D eigenvalue weighted by atomic mass is 9.88. The summed E-state index contributed by atoms with van der Waals surface area (Å²) in [6, 6.07) is 11.0. The summed E-state index contributed by atoms with van der Waals surface area (Å²) in [7, 11) is 0. The summed E-state index contributed by atoms with van der Waals surface area (Å²) in [6.45, 7) is 3.32. The van der Waals surface area contributed by atoms with E-state index in [2.05, 4.69) is 26.0 Å². The Morgan fingerprint density at radius 3 is 2.53 bits per heavy atom. The number of hydrogen-bond acceptors (Lipinski definition) is 7. The van der Waals surface area contributed by atoms with E-state index in [-0.39, 0.29) is 28.1 Å². The quantitative estimate of drug-likeness (QED) is 0.201. The fraction of sp³-hybridized carbons (Fsp3) is 0.394. The second-order valence-electron chi connectivity index (χ2n) is 12.6. The van der Waals surface area contributed by atoms with Gasteiger partial charge in [-0.3, -0.25) is 15.0 Å². The van der Waals surface area contributed by atoms with Crippen LogP contribution in [0, 0.1) is 28.4 Å². The van der Waals surface area contributed by atoms with Crippen molar-refractivity contribution in [2.75, 3.05) is 13.1 Å². The van der Waals surface area contributed by atoms with Crippen molar-refractivity contribution in [3.05, 3.63) is 87.5 Å². The van der Waals surface area contributed by atoms with Crippen molar-refractivity contribution in [2.24, 2.45) is 5.41 Å². The Hall–Kier alpha value is -4.28. The zero-order chi connectivity index (χ0) is 33.1. The van der Waals surface area contributed by atoms with Crippen LogP contribution in [0.4, 0.5) is 22.0 Å². The van der Waals surface area contributed by atoms with Crippen LogP contribution in [0.2, 0.25) is 5.02 Å². The zero-order valence-corrected chi connectivity index (χ0v) is 25.9. The SMILES string of the molecule is C[C@]1(c2ccc(Cl)cc2F)Oc2cc(F)cc(C3CCN(Cc4ncc(-c5n[nH]c(C(F)(F)F)n5)cc4CC4(C#N)CC4)CC3)c2O1. The molecule has 2 fully saturated rings. The highest BCUT2D eigenvalue weighted by atomic mass is 35.5. The average molecular weight is 671 g/mol. The molecule has 3 aliphatic rings. The normalized spacial score (nSPS) is 20.7. The monoisotopic (exact) mass is 670 g/mol. The minimum Gasteiger partial charge on any atom is -0.444 e. The maximum absolute atomic E-state index is 14.8. The zero-order valence-electron chi connectivity index (χ0n) is 25.1. The third-order valence-electron chi connectivity index (χ3n) is 9.16. The van der Waals surface area contributed by atoms with Gasteiger partial charge in [-0.1, -0.05) is 11.6 Å². The molecule has 1 N–H and O–H groups in total. The van der Waals surface area contributed by atoms with Gasteiger partial charge in [-0.15, -0.1) is 0 Å². The molecule has 14 heteroatoms. The van der Waals surface area contributed by atoms with E-state index in [1.54, 1.807) is 13.0 Å². The summed E-state index contributed by atoms with van der Waals surface area (Å²) in [6.07, 6.45) is 0.0267.